The molecule has 0 bridgehead atoms. The number of fused-ring (bicyclic) bond motifs is 1. The third-order valence-electron chi connectivity index (χ3n) is 4.48. The zero-order valence-corrected chi connectivity index (χ0v) is 16.9. The second-order valence-corrected chi connectivity index (χ2v) is 8.21. The monoisotopic (exact) mass is 419 g/mol. The topological polar surface area (TPSA) is 97.0 Å². The Morgan fingerprint density at radius 2 is 2.04 bits per heavy atom. The number of hydrogen-bond donors (Lipinski definition) is 2. The average Bonchev–Trinajstić information content (AvgIpc) is 2.86. The minimum atomic E-state index is -3.71. The Kier molecular flexibility index (Phi) is 7.72. The van der Waals surface area contributed by atoms with Gasteiger partial charge in [-0.25, -0.2) is 13.1 Å². The van der Waals surface area contributed by atoms with Crippen molar-refractivity contribution in [2.75, 3.05) is 39.4 Å². The van der Waals surface area contributed by atoms with E-state index in [1.54, 1.807) is 11.0 Å². The highest BCUT2D eigenvalue weighted by atomic mass is 35.5. The number of nitrogens with zero attached hydrogens (tertiary/aromatic N) is 1. The summed E-state index contributed by atoms with van der Waals surface area (Å²) >= 11 is 0. The number of sulfonamides is 1. The summed E-state index contributed by atoms with van der Waals surface area (Å²) < 4.78 is 38.5. The van der Waals surface area contributed by atoms with Crippen molar-refractivity contribution in [2.45, 2.75) is 30.7 Å². The molecule has 1 amide bonds. The van der Waals surface area contributed by atoms with Gasteiger partial charge in [-0.05, 0) is 19.1 Å². The number of piperazine rings is 1. The van der Waals surface area contributed by atoms with Crippen LogP contribution in [0.25, 0.3) is 0 Å². The Balaban J connectivity index is 0.00000261. The average molecular weight is 420 g/mol. The van der Waals surface area contributed by atoms with Gasteiger partial charge in [0, 0.05) is 51.1 Å². The minimum absolute atomic E-state index is 0. The molecule has 8 nitrogen and oxygen atoms in total. The lowest BCUT2D eigenvalue weighted by molar-refractivity contribution is -0.133. The number of amides is 1. The molecule has 0 unspecified atom stereocenters. The van der Waals surface area contributed by atoms with Gasteiger partial charge in [-0.15, -0.1) is 12.4 Å². The van der Waals surface area contributed by atoms with Crippen LogP contribution in [0.3, 0.4) is 0 Å². The molecule has 3 rings (SSSR count). The van der Waals surface area contributed by atoms with E-state index >= 15 is 0 Å². The lowest BCUT2D eigenvalue weighted by Gasteiger charge is -2.34. The van der Waals surface area contributed by atoms with Gasteiger partial charge in [-0.2, -0.15) is 0 Å². The molecule has 2 aliphatic rings. The van der Waals surface area contributed by atoms with Gasteiger partial charge in [0.25, 0.3) is 0 Å². The quantitative estimate of drug-likeness (QED) is 0.731. The molecule has 0 saturated carbocycles. The third-order valence-corrected chi connectivity index (χ3v) is 5.94. The number of hydrogen-bond acceptors (Lipinski definition) is 6. The molecular weight excluding hydrogens is 394 g/mol. The number of ether oxygens (including phenoxy) is 2. The molecule has 2 aliphatic heterocycles. The summed E-state index contributed by atoms with van der Waals surface area (Å²) in [6.07, 6.45) is 0.885. The Morgan fingerprint density at radius 3 is 2.78 bits per heavy atom. The summed E-state index contributed by atoms with van der Waals surface area (Å²) in [5.74, 6) is 0.931. The number of nitrogens with one attached hydrogen (secondary N) is 2. The standard InChI is InChI=1S/C17H25N3O5S.ClH/c1-13-12-18-7-8-20(13)17(21)5-6-19-26(22,23)14-3-4-15-16(11-14)25-10-2-9-24-15;/h3-4,11,13,18-19H,2,5-10,12H2,1H3;1H/t13-;/m1./s1. The van der Waals surface area contributed by atoms with Crippen LogP contribution in [0, 0.1) is 0 Å². The van der Waals surface area contributed by atoms with E-state index in [0.717, 1.165) is 19.5 Å². The van der Waals surface area contributed by atoms with E-state index in [2.05, 4.69) is 10.0 Å². The lowest BCUT2D eigenvalue weighted by atomic mass is 10.2. The van der Waals surface area contributed by atoms with Crippen molar-refractivity contribution >= 4 is 28.3 Å². The van der Waals surface area contributed by atoms with Gasteiger partial charge in [-0.3, -0.25) is 4.79 Å². The van der Waals surface area contributed by atoms with Crippen LogP contribution in [-0.4, -0.2) is 64.7 Å². The van der Waals surface area contributed by atoms with Crippen molar-refractivity contribution in [1.82, 2.24) is 14.9 Å². The first-order valence-corrected chi connectivity index (χ1v) is 10.4. The molecule has 1 aromatic rings. The van der Waals surface area contributed by atoms with Crippen molar-refractivity contribution < 1.29 is 22.7 Å². The Morgan fingerprint density at radius 1 is 1.30 bits per heavy atom. The molecule has 1 atom stereocenters. The largest absolute Gasteiger partial charge is 0.490 e. The maximum absolute atomic E-state index is 12.5. The van der Waals surface area contributed by atoms with Crippen LogP contribution in [0.15, 0.2) is 23.1 Å². The Hall–Kier alpha value is -1.55. The van der Waals surface area contributed by atoms with Crippen LogP contribution in [0.1, 0.15) is 19.8 Å². The van der Waals surface area contributed by atoms with Gasteiger partial charge in [0.05, 0.1) is 18.1 Å². The molecule has 152 valence electrons. The van der Waals surface area contributed by atoms with E-state index in [4.69, 9.17) is 9.47 Å². The zero-order valence-electron chi connectivity index (χ0n) is 15.3. The summed E-state index contributed by atoms with van der Waals surface area (Å²) in [5.41, 5.74) is 0. The van der Waals surface area contributed by atoms with Crippen molar-refractivity contribution in [3.05, 3.63) is 18.2 Å². The van der Waals surface area contributed by atoms with Gasteiger partial charge in [0.1, 0.15) is 0 Å². The predicted octanol–water partition coefficient (Wildman–Crippen LogP) is 0.758. The number of benzene rings is 1. The second-order valence-electron chi connectivity index (χ2n) is 6.45. The van der Waals surface area contributed by atoms with Crippen molar-refractivity contribution in [2.24, 2.45) is 0 Å². The van der Waals surface area contributed by atoms with Crippen molar-refractivity contribution in [1.29, 1.82) is 0 Å². The molecule has 0 radical (unpaired) electrons. The highest BCUT2D eigenvalue weighted by Gasteiger charge is 2.23. The molecule has 27 heavy (non-hydrogen) atoms. The van der Waals surface area contributed by atoms with Gasteiger partial charge in [0.2, 0.25) is 15.9 Å². The highest BCUT2D eigenvalue weighted by molar-refractivity contribution is 7.89. The van der Waals surface area contributed by atoms with Crippen LogP contribution >= 0.6 is 12.4 Å². The molecule has 2 N–H and O–H groups in total. The normalized spacial score (nSPS) is 19.7. The molecule has 1 aromatic carbocycles. The fourth-order valence-corrected chi connectivity index (χ4v) is 4.09. The molecule has 0 aromatic heterocycles. The van der Waals surface area contributed by atoms with Crippen molar-refractivity contribution in [3.63, 3.8) is 0 Å². The van der Waals surface area contributed by atoms with E-state index in [9.17, 15) is 13.2 Å². The minimum Gasteiger partial charge on any atom is -0.490 e. The van der Waals surface area contributed by atoms with Crippen LogP contribution in [0.4, 0.5) is 0 Å². The molecule has 10 heteroatoms. The van der Waals surface area contributed by atoms with Gasteiger partial charge in [0.15, 0.2) is 11.5 Å². The Bertz CT molecular complexity index is 759. The molecule has 2 heterocycles. The molecule has 0 spiro atoms. The first kappa shape index (κ1) is 21.7. The van der Waals surface area contributed by atoms with Gasteiger partial charge in [-0.1, -0.05) is 0 Å². The summed E-state index contributed by atoms with van der Waals surface area (Å²) in [6, 6.07) is 4.66. The highest BCUT2D eigenvalue weighted by Crippen LogP contribution is 2.31. The lowest BCUT2D eigenvalue weighted by Crippen LogP contribution is -2.52. The summed E-state index contributed by atoms with van der Waals surface area (Å²) in [6.45, 7) is 5.24. The van der Waals surface area contributed by atoms with Crippen LogP contribution in [-0.2, 0) is 14.8 Å². The predicted molar refractivity (Wildman–Crippen MR) is 103 cm³/mol. The number of rotatable bonds is 5. The first-order valence-electron chi connectivity index (χ1n) is 8.87. The van der Waals surface area contributed by atoms with E-state index in [1.807, 2.05) is 6.92 Å². The van der Waals surface area contributed by atoms with Crippen LogP contribution in [0.2, 0.25) is 0 Å². The summed E-state index contributed by atoms with van der Waals surface area (Å²) in [7, 11) is -3.71. The molecule has 1 saturated heterocycles. The number of carbonyl (C=O) groups is 1. The zero-order chi connectivity index (χ0) is 18.6. The van der Waals surface area contributed by atoms with E-state index in [1.165, 1.54) is 12.1 Å². The van der Waals surface area contributed by atoms with Crippen LogP contribution in [0.5, 0.6) is 11.5 Å². The van der Waals surface area contributed by atoms with Gasteiger partial charge < -0.3 is 19.7 Å². The maximum Gasteiger partial charge on any atom is 0.240 e. The van der Waals surface area contributed by atoms with Gasteiger partial charge >= 0.3 is 0 Å². The fourth-order valence-electron chi connectivity index (χ4n) is 3.04. The number of carbonyl (C=O) groups excluding carboxylic acids is 1. The first-order chi connectivity index (χ1) is 12.5. The number of halogens is 1. The van der Waals surface area contributed by atoms with E-state index in [0.29, 0.717) is 31.3 Å². The smallest absolute Gasteiger partial charge is 0.240 e. The molecule has 1 fully saturated rings. The third kappa shape index (κ3) is 5.47. The SMILES string of the molecule is C[C@@H]1CNCCN1C(=O)CCNS(=O)(=O)c1ccc2c(c1)OCCCO2.Cl. The fraction of sp³-hybridized carbons (Fsp3) is 0.588. The van der Waals surface area contributed by atoms with Crippen molar-refractivity contribution in [3.8, 4) is 11.5 Å². The Labute approximate surface area is 166 Å². The molecule has 0 aliphatic carbocycles. The summed E-state index contributed by atoms with van der Waals surface area (Å²) in [4.78, 5) is 14.2. The van der Waals surface area contributed by atoms with Crippen LogP contribution < -0.4 is 19.5 Å². The second kappa shape index (κ2) is 9.59. The van der Waals surface area contributed by atoms with E-state index in [-0.39, 0.29) is 42.2 Å². The summed E-state index contributed by atoms with van der Waals surface area (Å²) in [5, 5.41) is 3.22. The maximum atomic E-state index is 12.5. The molecular formula is C17H26ClN3O5S. The van der Waals surface area contributed by atoms with E-state index < -0.39 is 10.0 Å².